The van der Waals surface area contributed by atoms with Crippen LogP contribution < -0.4 is 5.32 Å². The number of rotatable bonds is 4. The van der Waals surface area contributed by atoms with E-state index >= 15 is 0 Å². The Kier molecular flexibility index (Phi) is 3.71. The summed E-state index contributed by atoms with van der Waals surface area (Å²) in [6.07, 6.45) is 5.08. The maximum absolute atomic E-state index is 4.12. The second-order valence-electron chi connectivity index (χ2n) is 3.07. The Morgan fingerprint density at radius 2 is 2.46 bits per heavy atom. The van der Waals surface area contributed by atoms with Crippen molar-refractivity contribution in [3.05, 3.63) is 23.5 Å². The molecule has 1 N–H and O–H groups in total. The minimum atomic E-state index is 0.946. The van der Waals surface area contributed by atoms with Gasteiger partial charge in [0.1, 0.15) is 0 Å². The van der Waals surface area contributed by atoms with Crippen LogP contribution in [-0.4, -0.2) is 23.4 Å². The third-order valence-corrected chi connectivity index (χ3v) is 2.07. The van der Waals surface area contributed by atoms with E-state index in [4.69, 9.17) is 0 Å². The summed E-state index contributed by atoms with van der Waals surface area (Å²) in [4.78, 5) is 0. The zero-order valence-corrected chi connectivity index (χ0v) is 8.54. The Morgan fingerprint density at radius 3 is 2.92 bits per heavy atom. The first-order chi connectivity index (χ1) is 6.27. The molecule has 0 bridgehead atoms. The molecule has 0 aliphatic heterocycles. The molecule has 72 valence electrons. The largest absolute Gasteiger partial charge is 0.316 e. The zero-order valence-electron chi connectivity index (χ0n) is 8.54. The highest BCUT2D eigenvalue weighted by atomic mass is 15.2. The van der Waals surface area contributed by atoms with Crippen molar-refractivity contribution >= 4 is 6.08 Å². The molecule has 0 amide bonds. The maximum atomic E-state index is 4.12. The lowest BCUT2D eigenvalue weighted by atomic mass is 10.1. The van der Waals surface area contributed by atoms with Crippen LogP contribution in [0, 0.1) is 0 Å². The fraction of sp³-hybridized carbons (Fsp3) is 0.500. The molecule has 0 saturated carbocycles. The van der Waals surface area contributed by atoms with E-state index in [9.17, 15) is 0 Å². The minimum Gasteiger partial charge on any atom is -0.316 e. The minimum absolute atomic E-state index is 0.946. The fourth-order valence-electron chi connectivity index (χ4n) is 1.24. The maximum Gasteiger partial charge on any atom is 0.0606 e. The van der Waals surface area contributed by atoms with Gasteiger partial charge in [-0.15, -0.1) is 0 Å². The van der Waals surface area contributed by atoms with Crippen LogP contribution in [0.4, 0.5) is 0 Å². The number of likely N-dealkylation sites (N-methyl/N-ethyl adjacent to an activating group) is 1. The van der Waals surface area contributed by atoms with E-state index in [1.54, 1.807) is 0 Å². The molecule has 1 heterocycles. The molecular formula is C10H17N3. The summed E-state index contributed by atoms with van der Waals surface area (Å²) in [7, 11) is 3.92. The Labute approximate surface area is 79.5 Å². The van der Waals surface area contributed by atoms with Gasteiger partial charge in [-0.05, 0) is 25.6 Å². The standard InChI is InChI=1S/C10H17N3/c1-4-9(8-11-2)7-10-5-6-12-13(10)3/h5-7,11H,4,8H2,1-3H3. The van der Waals surface area contributed by atoms with Gasteiger partial charge in [-0.2, -0.15) is 5.10 Å². The Balaban J connectivity index is 2.78. The monoisotopic (exact) mass is 179 g/mol. The summed E-state index contributed by atoms with van der Waals surface area (Å²) >= 11 is 0. The van der Waals surface area contributed by atoms with Gasteiger partial charge in [0.15, 0.2) is 0 Å². The molecular weight excluding hydrogens is 162 g/mol. The number of aryl methyl sites for hydroxylation is 1. The molecule has 3 nitrogen and oxygen atoms in total. The Hall–Kier alpha value is -1.09. The third kappa shape index (κ3) is 2.70. The highest BCUT2D eigenvalue weighted by Crippen LogP contribution is 2.07. The average molecular weight is 179 g/mol. The summed E-state index contributed by atoms with van der Waals surface area (Å²) in [6.45, 7) is 3.11. The van der Waals surface area contributed by atoms with Crippen LogP contribution in [-0.2, 0) is 7.05 Å². The molecule has 13 heavy (non-hydrogen) atoms. The van der Waals surface area contributed by atoms with Crippen molar-refractivity contribution in [2.24, 2.45) is 7.05 Å². The summed E-state index contributed by atoms with van der Waals surface area (Å²) in [5.41, 5.74) is 2.55. The van der Waals surface area contributed by atoms with Gasteiger partial charge < -0.3 is 5.32 Å². The Bertz CT molecular complexity index is 286. The van der Waals surface area contributed by atoms with Crippen molar-refractivity contribution < 1.29 is 0 Å². The van der Waals surface area contributed by atoms with Gasteiger partial charge in [-0.1, -0.05) is 12.5 Å². The first-order valence-electron chi connectivity index (χ1n) is 4.60. The highest BCUT2D eigenvalue weighted by Gasteiger charge is 1.96. The molecule has 1 rings (SSSR count). The van der Waals surface area contributed by atoms with Gasteiger partial charge in [-0.25, -0.2) is 0 Å². The van der Waals surface area contributed by atoms with Crippen LogP contribution in [0.1, 0.15) is 19.0 Å². The van der Waals surface area contributed by atoms with Crippen LogP contribution in [0.2, 0.25) is 0 Å². The van der Waals surface area contributed by atoms with Crippen molar-refractivity contribution in [2.75, 3.05) is 13.6 Å². The number of nitrogens with one attached hydrogen (secondary N) is 1. The lowest BCUT2D eigenvalue weighted by Gasteiger charge is -2.03. The lowest BCUT2D eigenvalue weighted by Crippen LogP contribution is -2.10. The normalized spacial score (nSPS) is 12.1. The lowest BCUT2D eigenvalue weighted by molar-refractivity contribution is 0.757. The summed E-state index contributed by atoms with van der Waals surface area (Å²) < 4.78 is 1.88. The number of hydrogen-bond donors (Lipinski definition) is 1. The van der Waals surface area contributed by atoms with Gasteiger partial charge in [0.25, 0.3) is 0 Å². The van der Waals surface area contributed by atoms with Gasteiger partial charge in [0.05, 0.1) is 5.69 Å². The van der Waals surface area contributed by atoms with Crippen LogP contribution in [0.5, 0.6) is 0 Å². The van der Waals surface area contributed by atoms with E-state index < -0.39 is 0 Å². The molecule has 0 spiro atoms. The van der Waals surface area contributed by atoms with E-state index in [-0.39, 0.29) is 0 Å². The molecule has 0 atom stereocenters. The predicted octanol–water partition coefficient (Wildman–Crippen LogP) is 1.43. The number of hydrogen-bond acceptors (Lipinski definition) is 2. The second kappa shape index (κ2) is 4.82. The summed E-state index contributed by atoms with van der Waals surface area (Å²) in [5, 5.41) is 7.27. The molecule has 0 fully saturated rings. The van der Waals surface area contributed by atoms with Crippen molar-refractivity contribution in [3.8, 4) is 0 Å². The van der Waals surface area contributed by atoms with Gasteiger partial charge >= 0.3 is 0 Å². The molecule has 3 heteroatoms. The average Bonchev–Trinajstić information content (AvgIpc) is 2.51. The van der Waals surface area contributed by atoms with Gasteiger partial charge in [0.2, 0.25) is 0 Å². The molecule has 0 unspecified atom stereocenters. The first-order valence-corrected chi connectivity index (χ1v) is 4.60. The molecule has 0 aromatic carbocycles. The summed E-state index contributed by atoms with van der Waals surface area (Å²) in [6, 6.07) is 2.02. The van der Waals surface area contributed by atoms with Crippen molar-refractivity contribution in [1.82, 2.24) is 15.1 Å². The SMILES string of the molecule is CCC(=Cc1ccnn1C)CNC. The smallest absolute Gasteiger partial charge is 0.0606 e. The molecule has 0 radical (unpaired) electrons. The quantitative estimate of drug-likeness (QED) is 0.757. The second-order valence-corrected chi connectivity index (χ2v) is 3.07. The fourth-order valence-corrected chi connectivity index (χ4v) is 1.24. The summed E-state index contributed by atoms with van der Waals surface area (Å²) in [5.74, 6) is 0. The van der Waals surface area contributed by atoms with Crippen LogP contribution >= 0.6 is 0 Å². The zero-order chi connectivity index (χ0) is 9.68. The van der Waals surface area contributed by atoms with Crippen LogP contribution in [0.3, 0.4) is 0 Å². The van der Waals surface area contributed by atoms with Gasteiger partial charge in [0, 0.05) is 19.8 Å². The van der Waals surface area contributed by atoms with E-state index in [0.717, 1.165) is 18.7 Å². The van der Waals surface area contributed by atoms with Gasteiger partial charge in [-0.3, -0.25) is 4.68 Å². The third-order valence-electron chi connectivity index (χ3n) is 2.07. The molecule has 0 saturated heterocycles. The topological polar surface area (TPSA) is 29.9 Å². The highest BCUT2D eigenvalue weighted by molar-refractivity contribution is 5.49. The van der Waals surface area contributed by atoms with E-state index in [0.29, 0.717) is 0 Å². The van der Waals surface area contributed by atoms with Crippen LogP contribution in [0.15, 0.2) is 17.8 Å². The van der Waals surface area contributed by atoms with Crippen molar-refractivity contribution in [1.29, 1.82) is 0 Å². The molecule has 0 aliphatic rings. The molecule has 1 aromatic rings. The predicted molar refractivity (Wildman–Crippen MR) is 55.4 cm³/mol. The number of nitrogens with zero attached hydrogens (tertiary/aromatic N) is 2. The first kappa shape index (κ1) is 9.99. The van der Waals surface area contributed by atoms with E-state index in [2.05, 4.69) is 23.4 Å². The Morgan fingerprint density at radius 1 is 1.69 bits per heavy atom. The van der Waals surface area contributed by atoms with Crippen LogP contribution in [0.25, 0.3) is 6.08 Å². The van der Waals surface area contributed by atoms with Crippen molar-refractivity contribution in [2.45, 2.75) is 13.3 Å². The van der Waals surface area contributed by atoms with E-state index in [1.165, 1.54) is 5.57 Å². The van der Waals surface area contributed by atoms with Crippen molar-refractivity contribution in [3.63, 3.8) is 0 Å². The molecule has 1 aromatic heterocycles. The molecule has 0 aliphatic carbocycles. The number of aromatic nitrogens is 2. The van der Waals surface area contributed by atoms with E-state index in [1.807, 2.05) is 31.0 Å².